The highest BCUT2D eigenvalue weighted by Crippen LogP contribution is 2.17. The van der Waals surface area contributed by atoms with Gasteiger partial charge in [-0.1, -0.05) is 35.9 Å². The normalized spacial score (nSPS) is 10.2. The SMILES string of the molecule is Cc1cccc(NCCC(=O)c2ccccc2Cl)c1. The maximum atomic E-state index is 12.0. The maximum Gasteiger partial charge on any atom is 0.166 e. The summed E-state index contributed by atoms with van der Waals surface area (Å²) in [6, 6.07) is 15.2. The van der Waals surface area contributed by atoms with E-state index in [0.29, 0.717) is 23.6 Å². The van der Waals surface area contributed by atoms with Crippen LogP contribution in [0.15, 0.2) is 48.5 Å². The first-order chi connectivity index (χ1) is 9.16. The van der Waals surface area contributed by atoms with Crippen LogP contribution in [0.2, 0.25) is 5.02 Å². The van der Waals surface area contributed by atoms with Crippen LogP contribution in [-0.2, 0) is 0 Å². The third kappa shape index (κ3) is 3.83. The van der Waals surface area contributed by atoms with Crippen molar-refractivity contribution in [1.82, 2.24) is 0 Å². The Bertz CT molecular complexity index is 580. The van der Waals surface area contributed by atoms with Crippen molar-refractivity contribution in [1.29, 1.82) is 0 Å². The van der Waals surface area contributed by atoms with Crippen molar-refractivity contribution in [3.8, 4) is 0 Å². The fraction of sp³-hybridized carbons (Fsp3) is 0.188. The Hall–Kier alpha value is -1.80. The van der Waals surface area contributed by atoms with E-state index >= 15 is 0 Å². The van der Waals surface area contributed by atoms with Crippen LogP contribution in [0.5, 0.6) is 0 Å². The van der Waals surface area contributed by atoms with Gasteiger partial charge in [0.25, 0.3) is 0 Å². The number of ketones is 1. The number of Topliss-reactive ketones (excluding diaryl/α,β-unsaturated/α-hetero) is 1. The minimum atomic E-state index is 0.0609. The van der Waals surface area contributed by atoms with Crippen LogP contribution in [0.4, 0.5) is 5.69 Å². The number of aryl methyl sites for hydroxylation is 1. The quantitative estimate of drug-likeness (QED) is 0.822. The molecule has 0 bridgehead atoms. The van der Waals surface area contributed by atoms with E-state index in [4.69, 9.17) is 11.6 Å². The predicted molar refractivity (Wildman–Crippen MR) is 80.1 cm³/mol. The van der Waals surface area contributed by atoms with E-state index in [1.807, 2.05) is 37.3 Å². The second-order valence-electron chi connectivity index (χ2n) is 4.45. The summed E-state index contributed by atoms with van der Waals surface area (Å²) >= 11 is 5.99. The van der Waals surface area contributed by atoms with E-state index in [9.17, 15) is 4.79 Å². The highest BCUT2D eigenvalue weighted by atomic mass is 35.5. The Morgan fingerprint density at radius 3 is 2.68 bits per heavy atom. The van der Waals surface area contributed by atoms with Gasteiger partial charge in [0.15, 0.2) is 5.78 Å². The van der Waals surface area contributed by atoms with Crippen molar-refractivity contribution in [2.75, 3.05) is 11.9 Å². The second-order valence-corrected chi connectivity index (χ2v) is 4.86. The Kier molecular flexibility index (Phi) is 4.58. The molecular formula is C16H16ClNO. The van der Waals surface area contributed by atoms with Gasteiger partial charge in [-0.05, 0) is 36.8 Å². The van der Waals surface area contributed by atoms with Gasteiger partial charge in [-0.3, -0.25) is 4.79 Å². The summed E-state index contributed by atoms with van der Waals surface area (Å²) in [6.45, 7) is 2.65. The minimum absolute atomic E-state index is 0.0609. The monoisotopic (exact) mass is 273 g/mol. The molecule has 0 heterocycles. The van der Waals surface area contributed by atoms with E-state index in [1.54, 1.807) is 12.1 Å². The zero-order valence-electron chi connectivity index (χ0n) is 10.8. The molecule has 0 spiro atoms. The molecule has 0 saturated heterocycles. The predicted octanol–water partition coefficient (Wildman–Crippen LogP) is 4.33. The van der Waals surface area contributed by atoms with Crippen LogP contribution in [0.1, 0.15) is 22.3 Å². The topological polar surface area (TPSA) is 29.1 Å². The van der Waals surface area contributed by atoms with Crippen molar-refractivity contribution < 1.29 is 4.79 Å². The average molecular weight is 274 g/mol. The largest absolute Gasteiger partial charge is 0.385 e. The summed E-state index contributed by atoms with van der Waals surface area (Å²) < 4.78 is 0. The van der Waals surface area contributed by atoms with Crippen molar-refractivity contribution in [3.63, 3.8) is 0 Å². The van der Waals surface area contributed by atoms with E-state index in [-0.39, 0.29) is 5.78 Å². The zero-order valence-corrected chi connectivity index (χ0v) is 11.6. The van der Waals surface area contributed by atoms with Gasteiger partial charge in [-0.15, -0.1) is 0 Å². The van der Waals surface area contributed by atoms with Gasteiger partial charge < -0.3 is 5.32 Å². The second kappa shape index (κ2) is 6.39. The lowest BCUT2D eigenvalue weighted by atomic mass is 10.1. The van der Waals surface area contributed by atoms with Gasteiger partial charge in [0.05, 0.1) is 5.02 Å². The van der Waals surface area contributed by atoms with Crippen LogP contribution in [0, 0.1) is 6.92 Å². The molecule has 1 N–H and O–H groups in total. The standard InChI is InChI=1S/C16H16ClNO/c1-12-5-4-6-13(11-12)18-10-9-16(19)14-7-2-3-8-15(14)17/h2-8,11,18H,9-10H2,1H3. The summed E-state index contributed by atoms with van der Waals surface area (Å²) in [4.78, 5) is 12.0. The van der Waals surface area contributed by atoms with Gasteiger partial charge in [-0.2, -0.15) is 0 Å². The number of rotatable bonds is 5. The molecule has 0 aliphatic carbocycles. The smallest absolute Gasteiger partial charge is 0.166 e. The van der Waals surface area contributed by atoms with Crippen molar-refractivity contribution in [3.05, 3.63) is 64.7 Å². The molecule has 0 amide bonds. The molecule has 19 heavy (non-hydrogen) atoms. The molecule has 2 aromatic rings. The van der Waals surface area contributed by atoms with Crippen molar-refractivity contribution in [2.45, 2.75) is 13.3 Å². The zero-order chi connectivity index (χ0) is 13.7. The number of benzene rings is 2. The number of hydrogen-bond donors (Lipinski definition) is 1. The van der Waals surface area contributed by atoms with Crippen molar-refractivity contribution in [2.24, 2.45) is 0 Å². The summed E-state index contributed by atoms with van der Waals surface area (Å²) in [5, 5.41) is 3.76. The number of hydrogen-bond acceptors (Lipinski definition) is 2. The maximum absolute atomic E-state index is 12.0. The molecule has 2 nitrogen and oxygen atoms in total. The molecule has 0 radical (unpaired) electrons. The van der Waals surface area contributed by atoms with Crippen LogP contribution in [0.3, 0.4) is 0 Å². The van der Waals surface area contributed by atoms with Crippen LogP contribution >= 0.6 is 11.6 Å². The first-order valence-corrected chi connectivity index (χ1v) is 6.63. The Balaban J connectivity index is 1.90. The average Bonchev–Trinajstić information content (AvgIpc) is 2.39. The molecular weight excluding hydrogens is 258 g/mol. The number of anilines is 1. The van der Waals surface area contributed by atoms with Gasteiger partial charge in [0.1, 0.15) is 0 Å². The first kappa shape index (κ1) is 13.6. The molecule has 0 saturated carbocycles. The van der Waals surface area contributed by atoms with E-state index in [1.165, 1.54) is 5.56 Å². The van der Waals surface area contributed by atoms with E-state index in [2.05, 4.69) is 11.4 Å². The van der Waals surface area contributed by atoms with Crippen LogP contribution in [-0.4, -0.2) is 12.3 Å². The van der Waals surface area contributed by atoms with E-state index < -0.39 is 0 Å². The molecule has 2 aromatic carbocycles. The fourth-order valence-corrected chi connectivity index (χ4v) is 2.14. The molecule has 0 unspecified atom stereocenters. The molecule has 0 fully saturated rings. The van der Waals surface area contributed by atoms with Gasteiger partial charge >= 0.3 is 0 Å². The third-order valence-electron chi connectivity index (χ3n) is 2.87. The Morgan fingerprint density at radius 2 is 1.95 bits per heavy atom. The molecule has 0 aliphatic heterocycles. The Morgan fingerprint density at radius 1 is 1.16 bits per heavy atom. The molecule has 98 valence electrons. The highest BCUT2D eigenvalue weighted by molar-refractivity contribution is 6.33. The minimum Gasteiger partial charge on any atom is -0.385 e. The first-order valence-electron chi connectivity index (χ1n) is 6.25. The van der Waals surface area contributed by atoms with Crippen LogP contribution in [0.25, 0.3) is 0 Å². The number of carbonyl (C=O) groups excluding carboxylic acids is 1. The fourth-order valence-electron chi connectivity index (χ4n) is 1.90. The molecule has 0 aromatic heterocycles. The number of halogens is 1. The summed E-state index contributed by atoms with van der Waals surface area (Å²) in [5.74, 6) is 0.0609. The van der Waals surface area contributed by atoms with Gasteiger partial charge in [0, 0.05) is 24.2 Å². The summed E-state index contributed by atoms with van der Waals surface area (Å²) in [6.07, 6.45) is 0.428. The molecule has 0 atom stereocenters. The van der Waals surface area contributed by atoms with Crippen LogP contribution < -0.4 is 5.32 Å². The van der Waals surface area contributed by atoms with E-state index in [0.717, 1.165) is 5.69 Å². The summed E-state index contributed by atoms with van der Waals surface area (Å²) in [5.41, 5.74) is 2.82. The molecule has 3 heteroatoms. The number of carbonyl (C=O) groups is 1. The number of nitrogens with one attached hydrogen (secondary N) is 1. The lowest BCUT2D eigenvalue weighted by Gasteiger charge is -2.07. The highest BCUT2D eigenvalue weighted by Gasteiger charge is 2.08. The lowest BCUT2D eigenvalue weighted by Crippen LogP contribution is -2.09. The summed E-state index contributed by atoms with van der Waals surface area (Å²) in [7, 11) is 0. The molecule has 0 aliphatic rings. The molecule has 2 rings (SSSR count). The van der Waals surface area contributed by atoms with Crippen molar-refractivity contribution >= 4 is 23.1 Å². The van der Waals surface area contributed by atoms with Gasteiger partial charge in [-0.25, -0.2) is 0 Å². The third-order valence-corrected chi connectivity index (χ3v) is 3.20. The lowest BCUT2D eigenvalue weighted by molar-refractivity contribution is 0.0986. The Labute approximate surface area is 118 Å². The van der Waals surface area contributed by atoms with Gasteiger partial charge in [0.2, 0.25) is 0 Å².